The van der Waals surface area contributed by atoms with E-state index in [-0.39, 0.29) is 11.8 Å². The van der Waals surface area contributed by atoms with Gasteiger partial charge in [-0.3, -0.25) is 4.79 Å². The van der Waals surface area contributed by atoms with Crippen molar-refractivity contribution >= 4 is 11.6 Å². The molecular formula is C13H25N3O. The zero-order valence-corrected chi connectivity index (χ0v) is 11.4. The number of amides is 1. The van der Waals surface area contributed by atoms with Crippen LogP contribution < -0.4 is 5.73 Å². The molecule has 1 aliphatic heterocycles. The summed E-state index contributed by atoms with van der Waals surface area (Å²) in [7, 11) is 0. The van der Waals surface area contributed by atoms with Gasteiger partial charge in [0.2, 0.25) is 0 Å². The van der Waals surface area contributed by atoms with Crippen LogP contribution in [0.4, 0.5) is 0 Å². The summed E-state index contributed by atoms with van der Waals surface area (Å²) in [5.41, 5.74) is 6.58. The van der Waals surface area contributed by atoms with Crippen molar-refractivity contribution in [3.05, 3.63) is 0 Å². The Labute approximate surface area is 104 Å². The molecule has 0 saturated carbocycles. The molecule has 2 N–H and O–H groups in total. The van der Waals surface area contributed by atoms with Crippen LogP contribution >= 0.6 is 0 Å². The summed E-state index contributed by atoms with van der Waals surface area (Å²) >= 11 is 0. The van der Waals surface area contributed by atoms with Gasteiger partial charge in [0.05, 0.1) is 11.6 Å². The molecule has 1 atom stereocenters. The first-order valence-corrected chi connectivity index (χ1v) is 6.57. The highest BCUT2D eigenvalue weighted by atomic mass is 16.2. The van der Waals surface area contributed by atoms with Crippen molar-refractivity contribution in [2.24, 2.45) is 28.6 Å². The molecular weight excluding hydrogens is 214 g/mol. The molecule has 0 aliphatic carbocycles. The molecule has 0 spiro atoms. The van der Waals surface area contributed by atoms with E-state index in [9.17, 15) is 4.79 Å². The van der Waals surface area contributed by atoms with Crippen molar-refractivity contribution < 1.29 is 4.79 Å². The summed E-state index contributed by atoms with van der Waals surface area (Å²) in [5.74, 6) is 0.973. The number of hydrazone groups is 1. The third-order valence-corrected chi connectivity index (χ3v) is 3.11. The first-order chi connectivity index (χ1) is 7.97. The van der Waals surface area contributed by atoms with Crippen LogP contribution in [0, 0.1) is 17.8 Å². The Hall–Kier alpha value is -0.900. The van der Waals surface area contributed by atoms with Crippen LogP contribution in [-0.2, 0) is 4.79 Å². The smallest absolute Gasteiger partial charge is 0.251 e. The van der Waals surface area contributed by atoms with Crippen molar-refractivity contribution in [3.8, 4) is 0 Å². The molecule has 1 amide bonds. The average molecular weight is 239 g/mol. The monoisotopic (exact) mass is 239 g/mol. The highest BCUT2D eigenvalue weighted by molar-refractivity contribution is 6.08. The van der Waals surface area contributed by atoms with Gasteiger partial charge in [-0.15, -0.1) is 0 Å². The van der Waals surface area contributed by atoms with Crippen LogP contribution in [0.1, 0.15) is 40.5 Å². The summed E-state index contributed by atoms with van der Waals surface area (Å²) in [5, 5.41) is 6.13. The Balaban J connectivity index is 2.71. The Bertz CT molecular complexity index is 297. The van der Waals surface area contributed by atoms with Gasteiger partial charge in [-0.1, -0.05) is 27.7 Å². The van der Waals surface area contributed by atoms with Gasteiger partial charge >= 0.3 is 0 Å². The Morgan fingerprint density at radius 3 is 2.47 bits per heavy atom. The van der Waals surface area contributed by atoms with Gasteiger partial charge in [0.15, 0.2) is 0 Å². The molecule has 4 heteroatoms. The van der Waals surface area contributed by atoms with Gasteiger partial charge in [0, 0.05) is 6.54 Å². The maximum atomic E-state index is 12.2. The van der Waals surface area contributed by atoms with Gasteiger partial charge < -0.3 is 5.73 Å². The SMILES string of the molecule is CC(C)CCN1N=C(C(C)C)C(CCN)C1=O. The highest BCUT2D eigenvalue weighted by Crippen LogP contribution is 2.23. The number of carbonyl (C=O) groups excluding carboxylic acids is 1. The molecule has 0 radical (unpaired) electrons. The minimum atomic E-state index is -0.0767. The van der Waals surface area contributed by atoms with Gasteiger partial charge in [-0.05, 0) is 31.2 Å². The quantitative estimate of drug-likeness (QED) is 0.769. The minimum absolute atomic E-state index is 0.0767. The average Bonchev–Trinajstić information content (AvgIpc) is 2.55. The third kappa shape index (κ3) is 3.53. The Morgan fingerprint density at radius 1 is 1.35 bits per heavy atom. The fourth-order valence-electron chi connectivity index (χ4n) is 2.06. The Morgan fingerprint density at radius 2 is 2.00 bits per heavy atom. The fraction of sp³-hybridized carbons (Fsp3) is 0.846. The lowest BCUT2D eigenvalue weighted by molar-refractivity contribution is -0.132. The fourth-order valence-corrected chi connectivity index (χ4v) is 2.06. The first kappa shape index (κ1) is 14.2. The maximum Gasteiger partial charge on any atom is 0.251 e. The van der Waals surface area contributed by atoms with E-state index in [0.717, 1.165) is 18.7 Å². The molecule has 17 heavy (non-hydrogen) atoms. The predicted molar refractivity (Wildman–Crippen MR) is 70.6 cm³/mol. The van der Waals surface area contributed by atoms with Gasteiger partial charge in [0.25, 0.3) is 5.91 Å². The molecule has 0 fully saturated rings. The molecule has 1 heterocycles. The van der Waals surface area contributed by atoms with Crippen LogP contribution in [0.5, 0.6) is 0 Å². The van der Waals surface area contributed by atoms with Crippen molar-refractivity contribution in [2.45, 2.75) is 40.5 Å². The predicted octanol–water partition coefficient (Wildman–Crippen LogP) is 1.85. The van der Waals surface area contributed by atoms with E-state index in [1.54, 1.807) is 5.01 Å². The summed E-state index contributed by atoms with van der Waals surface area (Å²) < 4.78 is 0. The van der Waals surface area contributed by atoms with Crippen molar-refractivity contribution in [1.82, 2.24) is 5.01 Å². The number of hydrogen-bond donors (Lipinski definition) is 1. The van der Waals surface area contributed by atoms with Crippen molar-refractivity contribution in [2.75, 3.05) is 13.1 Å². The summed E-state index contributed by atoms with van der Waals surface area (Å²) in [4.78, 5) is 12.2. The number of rotatable bonds is 6. The van der Waals surface area contributed by atoms with Crippen LogP contribution in [-0.4, -0.2) is 29.7 Å². The second-order valence-corrected chi connectivity index (χ2v) is 5.45. The van der Waals surface area contributed by atoms with Crippen molar-refractivity contribution in [3.63, 3.8) is 0 Å². The van der Waals surface area contributed by atoms with E-state index in [1.165, 1.54) is 0 Å². The van der Waals surface area contributed by atoms with Crippen LogP contribution in [0.15, 0.2) is 5.10 Å². The second-order valence-electron chi connectivity index (χ2n) is 5.45. The molecule has 0 saturated heterocycles. The van der Waals surface area contributed by atoms with E-state index in [1.807, 2.05) is 0 Å². The molecule has 1 unspecified atom stereocenters. The van der Waals surface area contributed by atoms with E-state index >= 15 is 0 Å². The molecule has 0 aromatic carbocycles. The van der Waals surface area contributed by atoms with E-state index < -0.39 is 0 Å². The highest BCUT2D eigenvalue weighted by Gasteiger charge is 2.35. The molecule has 4 nitrogen and oxygen atoms in total. The van der Waals surface area contributed by atoms with Gasteiger partial charge in [-0.2, -0.15) is 5.10 Å². The van der Waals surface area contributed by atoms with Crippen LogP contribution in [0.2, 0.25) is 0 Å². The normalized spacial score (nSPS) is 20.6. The number of nitrogens with zero attached hydrogens (tertiary/aromatic N) is 2. The lowest BCUT2D eigenvalue weighted by Crippen LogP contribution is -2.31. The largest absolute Gasteiger partial charge is 0.330 e. The summed E-state index contributed by atoms with van der Waals surface area (Å²) in [6, 6.07) is 0. The van der Waals surface area contributed by atoms with Crippen LogP contribution in [0.25, 0.3) is 0 Å². The van der Waals surface area contributed by atoms with Gasteiger partial charge in [0.1, 0.15) is 0 Å². The molecule has 1 aliphatic rings. The van der Waals surface area contributed by atoms with E-state index in [0.29, 0.717) is 24.8 Å². The summed E-state index contributed by atoms with van der Waals surface area (Å²) in [6.45, 7) is 9.76. The number of carbonyl (C=O) groups is 1. The lowest BCUT2D eigenvalue weighted by Gasteiger charge is -2.15. The maximum absolute atomic E-state index is 12.2. The first-order valence-electron chi connectivity index (χ1n) is 6.57. The van der Waals surface area contributed by atoms with E-state index in [2.05, 4.69) is 32.8 Å². The molecule has 98 valence electrons. The number of nitrogens with two attached hydrogens (primary N) is 1. The molecule has 0 aromatic rings. The minimum Gasteiger partial charge on any atom is -0.330 e. The molecule has 0 aromatic heterocycles. The van der Waals surface area contributed by atoms with E-state index in [4.69, 9.17) is 5.73 Å². The second kappa shape index (κ2) is 6.15. The zero-order chi connectivity index (χ0) is 13.0. The topological polar surface area (TPSA) is 58.7 Å². The molecule has 1 rings (SSSR count). The zero-order valence-electron chi connectivity index (χ0n) is 11.4. The standard InChI is InChI=1S/C13H25N3O/c1-9(2)6-8-16-13(17)11(5-7-14)12(15-16)10(3)4/h9-11H,5-8,14H2,1-4H3. The lowest BCUT2D eigenvalue weighted by atomic mass is 9.92. The van der Waals surface area contributed by atoms with Crippen LogP contribution in [0.3, 0.4) is 0 Å². The van der Waals surface area contributed by atoms with Gasteiger partial charge in [-0.25, -0.2) is 5.01 Å². The number of hydrogen-bond acceptors (Lipinski definition) is 3. The molecule has 0 bridgehead atoms. The Kier molecular flexibility index (Phi) is 5.12. The third-order valence-electron chi connectivity index (χ3n) is 3.11. The van der Waals surface area contributed by atoms with Crippen molar-refractivity contribution in [1.29, 1.82) is 0 Å². The summed E-state index contributed by atoms with van der Waals surface area (Å²) in [6.07, 6.45) is 1.71.